The highest BCUT2D eigenvalue weighted by molar-refractivity contribution is 5.55. The van der Waals surface area contributed by atoms with E-state index >= 15 is 0 Å². The van der Waals surface area contributed by atoms with Crippen molar-refractivity contribution < 1.29 is 22.8 Å². The second-order valence-electron chi connectivity index (χ2n) is 4.19. The Hall–Kier alpha value is -1.83. The largest absolute Gasteiger partial charge is 0.423 e. The summed E-state index contributed by atoms with van der Waals surface area (Å²) in [5, 5.41) is 13.4. The summed E-state index contributed by atoms with van der Waals surface area (Å²) in [4.78, 5) is 9.56. The van der Waals surface area contributed by atoms with E-state index in [4.69, 9.17) is 4.74 Å². The molecule has 0 aliphatic rings. The van der Waals surface area contributed by atoms with E-state index in [9.17, 15) is 23.3 Å². The van der Waals surface area contributed by atoms with Crippen molar-refractivity contribution in [2.75, 3.05) is 18.5 Å². The van der Waals surface area contributed by atoms with Crippen molar-refractivity contribution in [3.63, 3.8) is 0 Å². The smallest absolute Gasteiger partial charge is 0.380 e. The molecule has 1 unspecified atom stereocenters. The highest BCUT2D eigenvalue weighted by atomic mass is 19.4. The molecule has 0 aliphatic carbocycles. The van der Waals surface area contributed by atoms with Crippen molar-refractivity contribution in [3.8, 4) is 0 Å². The number of benzene rings is 1. The molecule has 1 rings (SSSR count). The molecular formula is C12H15F3N2O3. The van der Waals surface area contributed by atoms with Crippen LogP contribution in [0.5, 0.6) is 0 Å². The van der Waals surface area contributed by atoms with Gasteiger partial charge in [-0.15, -0.1) is 0 Å². The zero-order chi connectivity index (χ0) is 15.3. The van der Waals surface area contributed by atoms with Crippen LogP contribution in [0, 0.1) is 10.1 Å². The summed E-state index contributed by atoms with van der Waals surface area (Å²) in [5.41, 5.74) is -2.06. The van der Waals surface area contributed by atoms with Crippen molar-refractivity contribution in [1.29, 1.82) is 0 Å². The lowest BCUT2D eigenvalue weighted by atomic mass is 10.1. The fourth-order valence-corrected chi connectivity index (χ4v) is 1.63. The Bertz CT molecular complexity index is 478. The molecule has 1 atom stereocenters. The van der Waals surface area contributed by atoms with E-state index in [-0.39, 0.29) is 11.7 Å². The van der Waals surface area contributed by atoms with Crippen LogP contribution in [-0.4, -0.2) is 24.2 Å². The average Bonchev–Trinajstić information content (AvgIpc) is 2.35. The number of nitro groups is 1. The SMILES string of the molecule is CCOCC(C)Nc1ccc([N+](=O)[O-])c(C(F)(F)F)c1. The number of anilines is 1. The van der Waals surface area contributed by atoms with Crippen LogP contribution in [0.15, 0.2) is 18.2 Å². The number of halogens is 3. The molecule has 1 aromatic rings. The standard InChI is InChI=1S/C12H15F3N2O3/c1-3-20-7-8(2)16-9-4-5-11(17(18)19)10(6-9)12(13,14)15/h4-6,8,16H,3,7H2,1-2H3. The average molecular weight is 292 g/mol. The quantitative estimate of drug-likeness (QED) is 0.644. The van der Waals surface area contributed by atoms with Gasteiger partial charge in [0.15, 0.2) is 0 Å². The van der Waals surface area contributed by atoms with Gasteiger partial charge in [0, 0.05) is 24.4 Å². The van der Waals surface area contributed by atoms with Crippen LogP contribution in [0.3, 0.4) is 0 Å². The first-order valence-electron chi connectivity index (χ1n) is 5.95. The number of ether oxygens (including phenoxy) is 1. The highest BCUT2D eigenvalue weighted by Gasteiger charge is 2.38. The maximum absolute atomic E-state index is 12.8. The lowest BCUT2D eigenvalue weighted by molar-refractivity contribution is -0.388. The minimum absolute atomic E-state index is 0.162. The molecule has 20 heavy (non-hydrogen) atoms. The van der Waals surface area contributed by atoms with Crippen molar-refractivity contribution in [2.45, 2.75) is 26.1 Å². The first-order valence-corrected chi connectivity index (χ1v) is 5.95. The minimum Gasteiger partial charge on any atom is -0.380 e. The second-order valence-corrected chi connectivity index (χ2v) is 4.19. The van der Waals surface area contributed by atoms with Gasteiger partial charge >= 0.3 is 6.18 Å². The van der Waals surface area contributed by atoms with E-state index in [2.05, 4.69) is 5.32 Å². The molecule has 0 bridgehead atoms. The van der Waals surface area contributed by atoms with Crippen LogP contribution in [-0.2, 0) is 10.9 Å². The van der Waals surface area contributed by atoms with E-state index < -0.39 is 22.4 Å². The number of rotatable bonds is 6. The lowest BCUT2D eigenvalue weighted by Gasteiger charge is -2.16. The van der Waals surface area contributed by atoms with Crippen molar-refractivity contribution >= 4 is 11.4 Å². The molecule has 0 aromatic heterocycles. The van der Waals surface area contributed by atoms with Crippen molar-refractivity contribution in [1.82, 2.24) is 0 Å². The van der Waals surface area contributed by atoms with Crippen LogP contribution >= 0.6 is 0 Å². The van der Waals surface area contributed by atoms with Crippen LogP contribution in [0.25, 0.3) is 0 Å². The summed E-state index contributed by atoms with van der Waals surface area (Å²) in [7, 11) is 0. The third-order valence-electron chi connectivity index (χ3n) is 2.48. The highest BCUT2D eigenvalue weighted by Crippen LogP contribution is 2.37. The Morgan fingerprint density at radius 1 is 1.45 bits per heavy atom. The lowest BCUT2D eigenvalue weighted by Crippen LogP contribution is -2.22. The van der Waals surface area contributed by atoms with Gasteiger partial charge in [-0.3, -0.25) is 10.1 Å². The molecule has 8 heteroatoms. The number of nitro benzene ring substituents is 1. The van der Waals surface area contributed by atoms with Crippen LogP contribution in [0.4, 0.5) is 24.5 Å². The molecule has 0 aliphatic heterocycles. The molecule has 1 aromatic carbocycles. The molecule has 0 heterocycles. The molecule has 0 fully saturated rings. The predicted octanol–water partition coefficient (Wildman–Crippen LogP) is 3.45. The summed E-state index contributed by atoms with van der Waals surface area (Å²) < 4.78 is 43.4. The number of hydrogen-bond donors (Lipinski definition) is 1. The number of nitrogens with one attached hydrogen (secondary N) is 1. The normalized spacial score (nSPS) is 13.1. The Morgan fingerprint density at radius 3 is 2.60 bits per heavy atom. The van der Waals surface area contributed by atoms with Gasteiger partial charge in [-0.25, -0.2) is 0 Å². The van der Waals surface area contributed by atoms with Gasteiger partial charge in [0.1, 0.15) is 5.56 Å². The van der Waals surface area contributed by atoms with Gasteiger partial charge in [0.2, 0.25) is 0 Å². The summed E-state index contributed by atoms with van der Waals surface area (Å²) in [5.74, 6) is 0. The monoisotopic (exact) mass is 292 g/mol. The molecule has 1 N–H and O–H groups in total. The zero-order valence-electron chi connectivity index (χ0n) is 11.0. The van der Waals surface area contributed by atoms with E-state index in [1.807, 2.05) is 0 Å². The Morgan fingerprint density at radius 2 is 2.10 bits per heavy atom. The van der Waals surface area contributed by atoms with E-state index in [0.29, 0.717) is 13.2 Å². The Kier molecular flexibility index (Phi) is 5.32. The van der Waals surface area contributed by atoms with Gasteiger partial charge in [-0.2, -0.15) is 13.2 Å². The van der Waals surface area contributed by atoms with Gasteiger partial charge in [-0.05, 0) is 26.0 Å². The molecule has 112 valence electrons. The summed E-state index contributed by atoms with van der Waals surface area (Å²) >= 11 is 0. The molecule has 0 saturated carbocycles. The predicted molar refractivity (Wildman–Crippen MR) is 67.7 cm³/mol. The molecular weight excluding hydrogens is 277 g/mol. The van der Waals surface area contributed by atoms with Crippen LogP contribution < -0.4 is 5.32 Å². The minimum atomic E-state index is -4.77. The van der Waals surface area contributed by atoms with Gasteiger partial charge in [0.25, 0.3) is 5.69 Å². The molecule has 0 saturated heterocycles. The second kappa shape index (κ2) is 6.56. The number of nitrogens with zero attached hydrogens (tertiary/aromatic N) is 1. The molecule has 0 radical (unpaired) electrons. The van der Waals surface area contributed by atoms with E-state index in [0.717, 1.165) is 12.1 Å². The number of alkyl halides is 3. The number of hydrogen-bond acceptors (Lipinski definition) is 4. The molecule has 0 amide bonds. The summed E-state index contributed by atoms with van der Waals surface area (Å²) in [6.45, 7) is 4.37. The van der Waals surface area contributed by atoms with Gasteiger partial charge < -0.3 is 10.1 Å². The third kappa shape index (κ3) is 4.37. The Balaban J connectivity index is 2.98. The summed E-state index contributed by atoms with van der Waals surface area (Å²) in [6.07, 6.45) is -4.77. The van der Waals surface area contributed by atoms with Crippen LogP contribution in [0.1, 0.15) is 19.4 Å². The van der Waals surface area contributed by atoms with Gasteiger partial charge in [-0.1, -0.05) is 0 Å². The zero-order valence-corrected chi connectivity index (χ0v) is 11.0. The van der Waals surface area contributed by atoms with E-state index in [1.54, 1.807) is 13.8 Å². The maximum Gasteiger partial charge on any atom is 0.423 e. The topological polar surface area (TPSA) is 64.4 Å². The van der Waals surface area contributed by atoms with Crippen LogP contribution in [0.2, 0.25) is 0 Å². The molecule has 5 nitrogen and oxygen atoms in total. The first kappa shape index (κ1) is 16.2. The fraction of sp³-hybridized carbons (Fsp3) is 0.500. The third-order valence-corrected chi connectivity index (χ3v) is 2.48. The summed E-state index contributed by atoms with van der Waals surface area (Å²) in [6, 6.07) is 2.62. The fourth-order valence-electron chi connectivity index (χ4n) is 1.63. The Labute approximate surface area is 113 Å². The first-order chi connectivity index (χ1) is 9.25. The maximum atomic E-state index is 12.8. The molecule has 0 spiro atoms. The van der Waals surface area contributed by atoms with Gasteiger partial charge in [0.05, 0.1) is 11.5 Å². The van der Waals surface area contributed by atoms with E-state index in [1.165, 1.54) is 6.07 Å². The van der Waals surface area contributed by atoms with Crippen molar-refractivity contribution in [3.05, 3.63) is 33.9 Å². The van der Waals surface area contributed by atoms with Crippen molar-refractivity contribution in [2.24, 2.45) is 0 Å².